The van der Waals surface area contributed by atoms with Gasteiger partial charge in [0.05, 0.1) is 12.0 Å². The van der Waals surface area contributed by atoms with Crippen LogP contribution in [0.4, 0.5) is 5.69 Å². The zero-order valence-corrected chi connectivity index (χ0v) is 11.0. The van der Waals surface area contributed by atoms with E-state index < -0.39 is 0 Å². The highest BCUT2D eigenvalue weighted by atomic mass is 16.2. The summed E-state index contributed by atoms with van der Waals surface area (Å²) in [5.74, 6) is 0.352. The van der Waals surface area contributed by atoms with E-state index >= 15 is 0 Å². The van der Waals surface area contributed by atoms with E-state index in [1.54, 1.807) is 0 Å². The summed E-state index contributed by atoms with van der Waals surface area (Å²) in [4.78, 5) is 14.2. The first kappa shape index (κ1) is 12.0. The van der Waals surface area contributed by atoms with Gasteiger partial charge in [-0.3, -0.25) is 4.79 Å². The summed E-state index contributed by atoms with van der Waals surface area (Å²) in [5.41, 5.74) is 2.21. The van der Waals surface area contributed by atoms with Crippen LogP contribution in [-0.2, 0) is 4.79 Å². The Labute approximate surface area is 113 Å². The van der Waals surface area contributed by atoms with Crippen molar-refractivity contribution in [3.8, 4) is 0 Å². The minimum atomic E-state index is 0.114. The van der Waals surface area contributed by atoms with Gasteiger partial charge in [0.25, 0.3) is 0 Å². The zero-order chi connectivity index (χ0) is 13.2. The number of β-lactam (4-membered cyclic amide) rings is 1. The fourth-order valence-electron chi connectivity index (χ4n) is 2.85. The van der Waals surface area contributed by atoms with Gasteiger partial charge in [0.15, 0.2) is 0 Å². The Bertz CT molecular complexity index is 564. The molecule has 1 heterocycles. The molecule has 1 aliphatic heterocycles. The fourth-order valence-corrected chi connectivity index (χ4v) is 2.85. The molecule has 2 nitrogen and oxygen atoms in total. The van der Waals surface area contributed by atoms with Crippen LogP contribution in [0, 0.1) is 5.92 Å². The Morgan fingerprint density at radius 3 is 2.11 bits per heavy atom. The van der Waals surface area contributed by atoms with E-state index in [1.165, 1.54) is 5.56 Å². The van der Waals surface area contributed by atoms with Crippen LogP contribution in [0.3, 0.4) is 0 Å². The van der Waals surface area contributed by atoms with Crippen LogP contribution in [0.5, 0.6) is 0 Å². The molecule has 0 bridgehead atoms. The lowest BCUT2D eigenvalue weighted by Gasteiger charge is -2.47. The van der Waals surface area contributed by atoms with Gasteiger partial charge in [-0.05, 0) is 24.1 Å². The van der Waals surface area contributed by atoms with Crippen molar-refractivity contribution in [1.82, 2.24) is 0 Å². The average molecular weight is 251 g/mol. The number of carbonyl (C=O) groups excluding carboxylic acids is 1. The number of hydrogen-bond donors (Lipinski definition) is 0. The molecule has 1 aliphatic rings. The Morgan fingerprint density at radius 2 is 1.53 bits per heavy atom. The number of carbonyl (C=O) groups is 1. The van der Waals surface area contributed by atoms with Crippen molar-refractivity contribution in [2.24, 2.45) is 5.92 Å². The van der Waals surface area contributed by atoms with Crippen molar-refractivity contribution in [1.29, 1.82) is 0 Å². The highest BCUT2D eigenvalue weighted by Gasteiger charge is 2.47. The summed E-state index contributed by atoms with van der Waals surface area (Å²) in [6.45, 7) is 2.08. The fraction of sp³-hybridized carbons (Fsp3) is 0.235. The van der Waals surface area contributed by atoms with Crippen molar-refractivity contribution in [3.05, 3.63) is 66.2 Å². The second-order valence-electron chi connectivity index (χ2n) is 4.91. The van der Waals surface area contributed by atoms with Crippen LogP contribution >= 0.6 is 0 Å². The van der Waals surface area contributed by atoms with E-state index in [-0.39, 0.29) is 17.9 Å². The lowest BCUT2D eigenvalue weighted by molar-refractivity contribution is -0.130. The highest BCUT2D eigenvalue weighted by Crippen LogP contribution is 2.44. The largest absolute Gasteiger partial charge is 0.304 e. The molecule has 0 aromatic heterocycles. The molecule has 2 unspecified atom stereocenters. The summed E-state index contributed by atoms with van der Waals surface area (Å²) in [6, 6.07) is 20.4. The number of benzene rings is 2. The summed E-state index contributed by atoms with van der Waals surface area (Å²) in [6.07, 6.45) is 0.891. The smallest absolute Gasteiger partial charge is 0.233 e. The van der Waals surface area contributed by atoms with Crippen LogP contribution in [0.2, 0.25) is 0 Å². The highest BCUT2D eigenvalue weighted by molar-refractivity contribution is 6.03. The lowest BCUT2D eigenvalue weighted by Crippen LogP contribution is -2.55. The maximum atomic E-state index is 12.3. The Kier molecular flexibility index (Phi) is 3.08. The maximum Gasteiger partial charge on any atom is 0.233 e. The summed E-state index contributed by atoms with van der Waals surface area (Å²) in [5, 5.41) is 0. The predicted molar refractivity (Wildman–Crippen MR) is 76.9 cm³/mol. The molecule has 1 saturated heterocycles. The van der Waals surface area contributed by atoms with E-state index in [9.17, 15) is 4.79 Å². The number of nitrogens with zero attached hydrogens (tertiary/aromatic N) is 1. The topological polar surface area (TPSA) is 20.3 Å². The molecular formula is C17H17NO. The molecule has 2 heteroatoms. The van der Waals surface area contributed by atoms with Gasteiger partial charge >= 0.3 is 0 Å². The van der Waals surface area contributed by atoms with Crippen LogP contribution in [0.1, 0.15) is 24.9 Å². The third-order valence-electron chi connectivity index (χ3n) is 3.83. The molecule has 0 spiro atoms. The number of amides is 1. The Balaban J connectivity index is 1.98. The molecule has 2 aromatic rings. The molecule has 0 saturated carbocycles. The van der Waals surface area contributed by atoms with Gasteiger partial charge in [-0.2, -0.15) is 0 Å². The standard InChI is InChI=1S/C17H17NO/c1-2-15-16(13-9-5-3-6-10-13)18(17(15)19)14-11-7-4-8-12-14/h3-12,15-16H,2H2,1H3. The first-order chi connectivity index (χ1) is 9.33. The van der Waals surface area contributed by atoms with Crippen molar-refractivity contribution >= 4 is 11.6 Å². The van der Waals surface area contributed by atoms with Gasteiger partial charge in [-0.25, -0.2) is 0 Å². The predicted octanol–water partition coefficient (Wildman–Crippen LogP) is 3.80. The second kappa shape index (κ2) is 4.88. The maximum absolute atomic E-state index is 12.3. The van der Waals surface area contributed by atoms with E-state index in [0.29, 0.717) is 0 Å². The quantitative estimate of drug-likeness (QED) is 0.760. The van der Waals surface area contributed by atoms with Crippen LogP contribution in [-0.4, -0.2) is 5.91 Å². The molecule has 0 aliphatic carbocycles. The van der Waals surface area contributed by atoms with Gasteiger partial charge in [0.2, 0.25) is 5.91 Å². The van der Waals surface area contributed by atoms with E-state index in [4.69, 9.17) is 0 Å². The summed E-state index contributed by atoms with van der Waals surface area (Å²) in [7, 11) is 0. The third kappa shape index (κ3) is 1.93. The molecular weight excluding hydrogens is 234 g/mol. The number of para-hydroxylation sites is 1. The first-order valence-electron chi connectivity index (χ1n) is 6.76. The molecule has 1 amide bonds. The third-order valence-corrected chi connectivity index (χ3v) is 3.83. The molecule has 96 valence electrons. The summed E-state index contributed by atoms with van der Waals surface area (Å²) >= 11 is 0. The summed E-state index contributed by atoms with van der Waals surface area (Å²) < 4.78 is 0. The van der Waals surface area contributed by atoms with Crippen molar-refractivity contribution in [2.75, 3.05) is 4.90 Å². The normalized spacial score (nSPS) is 22.2. The zero-order valence-electron chi connectivity index (χ0n) is 11.0. The van der Waals surface area contributed by atoms with Gasteiger partial charge in [0.1, 0.15) is 0 Å². The first-order valence-corrected chi connectivity index (χ1v) is 6.76. The van der Waals surface area contributed by atoms with E-state index in [0.717, 1.165) is 12.1 Å². The second-order valence-corrected chi connectivity index (χ2v) is 4.91. The minimum absolute atomic E-state index is 0.114. The molecule has 1 fully saturated rings. The lowest BCUT2D eigenvalue weighted by atomic mass is 9.80. The van der Waals surface area contributed by atoms with Crippen LogP contribution in [0.25, 0.3) is 0 Å². The average Bonchev–Trinajstić information content (AvgIpc) is 2.47. The molecule has 3 rings (SSSR count). The van der Waals surface area contributed by atoms with E-state index in [1.807, 2.05) is 53.4 Å². The monoisotopic (exact) mass is 251 g/mol. The van der Waals surface area contributed by atoms with Crippen molar-refractivity contribution in [2.45, 2.75) is 19.4 Å². The van der Waals surface area contributed by atoms with Crippen LogP contribution < -0.4 is 4.90 Å². The number of rotatable bonds is 3. The van der Waals surface area contributed by atoms with Crippen LogP contribution in [0.15, 0.2) is 60.7 Å². The number of hydrogen-bond acceptors (Lipinski definition) is 1. The molecule has 19 heavy (non-hydrogen) atoms. The van der Waals surface area contributed by atoms with Gasteiger partial charge in [0, 0.05) is 5.69 Å². The Hall–Kier alpha value is -2.09. The van der Waals surface area contributed by atoms with Crippen molar-refractivity contribution < 1.29 is 4.79 Å². The van der Waals surface area contributed by atoms with Gasteiger partial charge in [-0.15, -0.1) is 0 Å². The van der Waals surface area contributed by atoms with Gasteiger partial charge < -0.3 is 4.90 Å². The van der Waals surface area contributed by atoms with Crippen molar-refractivity contribution in [3.63, 3.8) is 0 Å². The molecule has 2 atom stereocenters. The minimum Gasteiger partial charge on any atom is -0.304 e. The van der Waals surface area contributed by atoms with E-state index in [2.05, 4.69) is 19.1 Å². The molecule has 0 radical (unpaired) electrons. The Morgan fingerprint density at radius 1 is 0.947 bits per heavy atom. The molecule has 2 aromatic carbocycles. The number of anilines is 1. The SMILES string of the molecule is CCC1C(=O)N(c2ccccc2)C1c1ccccc1. The molecule has 0 N–H and O–H groups in total. The van der Waals surface area contributed by atoms with Gasteiger partial charge in [-0.1, -0.05) is 55.5 Å².